The number of aliphatic hydroxyl groups excluding tert-OH is 4. The van der Waals surface area contributed by atoms with Crippen LogP contribution < -0.4 is 4.89 Å². The Morgan fingerprint density at radius 2 is 1.91 bits per heavy atom. The molecule has 0 radical (unpaired) electrons. The van der Waals surface area contributed by atoms with Crippen molar-refractivity contribution >= 4 is 21.9 Å². The van der Waals surface area contributed by atoms with Crippen molar-refractivity contribution in [3.8, 4) is 5.75 Å². The lowest BCUT2D eigenvalue weighted by molar-refractivity contribution is -0.364. The molecule has 0 bridgehead atoms. The van der Waals surface area contributed by atoms with Crippen LogP contribution in [0.15, 0.2) is 47.1 Å². The molecule has 2 aromatic carbocycles. The summed E-state index contributed by atoms with van der Waals surface area (Å²) in [4.78, 5) is 10.9. The predicted molar refractivity (Wildman–Crippen MR) is 120 cm³/mol. The van der Waals surface area contributed by atoms with Gasteiger partial charge in [0.1, 0.15) is 23.9 Å². The van der Waals surface area contributed by atoms with E-state index in [9.17, 15) is 20.4 Å². The molecule has 10 nitrogen and oxygen atoms in total. The van der Waals surface area contributed by atoms with Crippen LogP contribution in [0.25, 0.3) is 21.9 Å². The Morgan fingerprint density at radius 1 is 1.06 bits per heavy atom. The third-order valence-corrected chi connectivity index (χ3v) is 6.11. The standard InChI is InChI=1S/C24H26N2O8/c1-12-8-16-20(15(25-26-16)4-2-13-3-5-17-14(10-13)6-7-31-17)18(9-12)33-34-23-22(29)21(28)19(11-27)32-24(23)30/h3,5-10,19,21-24,27-30H,2,4,11H2,1H3,(H,25,26)/t19-,21-,22+,23-,24-/m1/s1. The highest BCUT2D eigenvalue weighted by atomic mass is 17.2. The van der Waals surface area contributed by atoms with Gasteiger partial charge in [-0.05, 0) is 61.2 Å². The van der Waals surface area contributed by atoms with Gasteiger partial charge >= 0.3 is 0 Å². The molecule has 3 heterocycles. The van der Waals surface area contributed by atoms with E-state index >= 15 is 0 Å². The maximum atomic E-state index is 10.3. The second-order valence-electron chi connectivity index (χ2n) is 8.52. The largest absolute Gasteiger partial charge is 0.464 e. The highest BCUT2D eigenvalue weighted by molar-refractivity contribution is 5.88. The third kappa shape index (κ3) is 4.27. The Labute approximate surface area is 194 Å². The molecule has 1 aliphatic rings. The van der Waals surface area contributed by atoms with Gasteiger partial charge in [0.15, 0.2) is 18.1 Å². The second-order valence-corrected chi connectivity index (χ2v) is 8.52. The van der Waals surface area contributed by atoms with Crippen molar-refractivity contribution in [1.82, 2.24) is 10.2 Å². The van der Waals surface area contributed by atoms with E-state index in [1.807, 2.05) is 31.2 Å². The fourth-order valence-corrected chi connectivity index (χ4v) is 4.29. The van der Waals surface area contributed by atoms with Crippen LogP contribution in [0.5, 0.6) is 5.75 Å². The zero-order chi connectivity index (χ0) is 23.8. The van der Waals surface area contributed by atoms with E-state index in [-0.39, 0.29) is 0 Å². The van der Waals surface area contributed by atoms with Gasteiger partial charge in [0.25, 0.3) is 0 Å². The fraction of sp³-hybridized carbons (Fsp3) is 0.375. The van der Waals surface area contributed by atoms with Crippen molar-refractivity contribution in [3.63, 3.8) is 0 Å². The number of hydrogen-bond acceptors (Lipinski definition) is 9. The summed E-state index contributed by atoms with van der Waals surface area (Å²) in [6.07, 6.45) is -4.06. The molecule has 0 saturated carbocycles. The Kier molecular flexibility index (Phi) is 6.26. The average molecular weight is 470 g/mol. The Balaban J connectivity index is 1.35. The molecule has 0 unspecified atom stereocenters. The molecule has 1 fully saturated rings. The number of nitrogens with one attached hydrogen (secondary N) is 1. The molecule has 180 valence electrons. The molecule has 5 rings (SSSR count). The quantitative estimate of drug-likeness (QED) is 0.200. The number of nitrogens with zero attached hydrogens (tertiary/aromatic N) is 1. The fourth-order valence-electron chi connectivity index (χ4n) is 4.29. The van der Waals surface area contributed by atoms with Crippen LogP contribution in [-0.4, -0.2) is 67.9 Å². The molecule has 1 saturated heterocycles. The van der Waals surface area contributed by atoms with Crippen LogP contribution in [0, 0.1) is 6.92 Å². The number of furan rings is 1. The first-order chi connectivity index (χ1) is 16.4. The minimum absolute atomic E-state index is 0.349. The molecule has 0 amide bonds. The Morgan fingerprint density at radius 3 is 2.74 bits per heavy atom. The van der Waals surface area contributed by atoms with Crippen LogP contribution in [0.4, 0.5) is 0 Å². The summed E-state index contributed by atoms with van der Waals surface area (Å²) in [6, 6.07) is 11.6. The highest BCUT2D eigenvalue weighted by Gasteiger charge is 2.45. The summed E-state index contributed by atoms with van der Waals surface area (Å²) in [7, 11) is 0. The molecule has 2 aromatic heterocycles. The minimum atomic E-state index is -1.60. The SMILES string of the molecule is Cc1cc(OO[C@@H]2[C@@H](O)[C@H](O)[C@@H](CO)O[C@H]2O)c2c(CCc3ccc4occc4c3)n[nH]c2c1. The lowest BCUT2D eigenvalue weighted by Gasteiger charge is -2.38. The second kappa shape index (κ2) is 9.34. The molecular formula is C24H26N2O8. The van der Waals surface area contributed by atoms with Gasteiger partial charge in [-0.2, -0.15) is 9.99 Å². The monoisotopic (exact) mass is 470 g/mol. The van der Waals surface area contributed by atoms with Gasteiger partial charge in [-0.25, -0.2) is 0 Å². The van der Waals surface area contributed by atoms with Crippen LogP contribution in [0.1, 0.15) is 16.8 Å². The number of aromatic nitrogens is 2. The van der Waals surface area contributed by atoms with Crippen molar-refractivity contribution in [2.24, 2.45) is 0 Å². The lowest BCUT2D eigenvalue weighted by Crippen LogP contribution is -2.59. The number of aliphatic hydroxyl groups is 4. The maximum Gasteiger partial charge on any atom is 0.188 e. The van der Waals surface area contributed by atoms with E-state index in [1.54, 1.807) is 12.3 Å². The molecule has 0 spiro atoms. The van der Waals surface area contributed by atoms with Crippen molar-refractivity contribution in [2.75, 3.05) is 6.61 Å². The van der Waals surface area contributed by atoms with Crippen molar-refractivity contribution in [1.29, 1.82) is 0 Å². The first-order valence-electron chi connectivity index (χ1n) is 11.0. The Bertz CT molecular complexity index is 1280. The van der Waals surface area contributed by atoms with Gasteiger partial charge < -0.3 is 34.5 Å². The molecular weight excluding hydrogens is 444 g/mol. The van der Waals surface area contributed by atoms with Crippen LogP contribution in [0.2, 0.25) is 0 Å². The summed E-state index contributed by atoms with van der Waals surface area (Å²) >= 11 is 0. The number of hydrogen-bond donors (Lipinski definition) is 5. The van der Waals surface area contributed by atoms with E-state index in [0.29, 0.717) is 17.6 Å². The van der Waals surface area contributed by atoms with E-state index in [0.717, 1.165) is 39.7 Å². The summed E-state index contributed by atoms with van der Waals surface area (Å²) < 4.78 is 10.5. The van der Waals surface area contributed by atoms with Crippen LogP contribution >= 0.6 is 0 Å². The van der Waals surface area contributed by atoms with Crippen LogP contribution in [-0.2, 0) is 22.5 Å². The molecule has 1 aliphatic heterocycles. The number of ether oxygens (including phenoxy) is 1. The van der Waals surface area contributed by atoms with E-state index in [4.69, 9.17) is 18.9 Å². The number of aromatic amines is 1. The van der Waals surface area contributed by atoms with Gasteiger partial charge in [0.05, 0.1) is 29.5 Å². The van der Waals surface area contributed by atoms with Gasteiger partial charge in [-0.3, -0.25) is 5.10 Å². The van der Waals surface area contributed by atoms with E-state index in [1.165, 1.54) is 0 Å². The smallest absolute Gasteiger partial charge is 0.188 e. The van der Waals surface area contributed by atoms with Crippen molar-refractivity contribution in [2.45, 2.75) is 50.5 Å². The van der Waals surface area contributed by atoms with Crippen molar-refractivity contribution in [3.05, 3.63) is 59.5 Å². The van der Waals surface area contributed by atoms with Gasteiger partial charge in [0.2, 0.25) is 0 Å². The number of H-pyrrole nitrogens is 1. The summed E-state index contributed by atoms with van der Waals surface area (Å²) in [5.74, 6) is 0.349. The molecule has 5 atom stereocenters. The number of benzene rings is 2. The third-order valence-electron chi connectivity index (χ3n) is 6.11. The normalized spacial score (nSPS) is 25.3. The zero-order valence-corrected chi connectivity index (χ0v) is 18.4. The van der Waals surface area contributed by atoms with Crippen LogP contribution in [0.3, 0.4) is 0 Å². The van der Waals surface area contributed by atoms with Gasteiger partial charge in [-0.15, -0.1) is 0 Å². The highest BCUT2D eigenvalue weighted by Crippen LogP contribution is 2.32. The summed E-state index contributed by atoms with van der Waals surface area (Å²) in [6.45, 7) is 1.32. The first kappa shape index (κ1) is 22.8. The maximum absolute atomic E-state index is 10.3. The molecule has 5 N–H and O–H groups in total. The van der Waals surface area contributed by atoms with Gasteiger partial charge in [0, 0.05) is 5.39 Å². The predicted octanol–water partition coefficient (Wildman–Crippen LogP) is 1.51. The topological polar surface area (TPSA) is 150 Å². The molecule has 4 aromatic rings. The first-order valence-corrected chi connectivity index (χ1v) is 11.0. The Hall–Kier alpha value is -2.99. The lowest BCUT2D eigenvalue weighted by atomic mass is 9.99. The molecule has 10 heteroatoms. The molecule has 0 aliphatic carbocycles. The van der Waals surface area contributed by atoms with E-state index < -0.39 is 37.3 Å². The number of aryl methyl sites for hydroxylation is 3. The summed E-state index contributed by atoms with van der Waals surface area (Å²) in [5.41, 5.74) is 4.37. The van der Waals surface area contributed by atoms with Gasteiger partial charge in [-0.1, -0.05) is 6.07 Å². The number of rotatable bonds is 7. The molecule has 34 heavy (non-hydrogen) atoms. The van der Waals surface area contributed by atoms with E-state index in [2.05, 4.69) is 16.3 Å². The zero-order valence-electron chi connectivity index (χ0n) is 18.4. The minimum Gasteiger partial charge on any atom is -0.464 e. The summed E-state index contributed by atoms with van der Waals surface area (Å²) in [5, 5.41) is 49.0. The van der Waals surface area contributed by atoms with Crippen molar-refractivity contribution < 1.29 is 39.4 Å². The average Bonchev–Trinajstić information content (AvgIpc) is 3.46. The number of fused-ring (bicyclic) bond motifs is 2.